The van der Waals surface area contributed by atoms with Crippen molar-refractivity contribution in [1.82, 2.24) is 0 Å². The van der Waals surface area contributed by atoms with Crippen LogP contribution in [0.2, 0.25) is 0 Å². The van der Waals surface area contributed by atoms with Crippen molar-refractivity contribution in [1.29, 1.82) is 0 Å². The van der Waals surface area contributed by atoms with E-state index in [9.17, 15) is 9.18 Å². The van der Waals surface area contributed by atoms with Gasteiger partial charge >= 0.3 is 0 Å². The molecule has 3 rings (SSSR count). The molecule has 0 saturated carbocycles. The fourth-order valence-electron chi connectivity index (χ4n) is 2.36. The van der Waals surface area contributed by atoms with Crippen LogP contribution in [0, 0.1) is 5.82 Å². The lowest BCUT2D eigenvalue weighted by Crippen LogP contribution is -2.27. The number of amides is 1. The number of hydrogen-bond acceptors (Lipinski definition) is 5. The Hall–Kier alpha value is -2.38. The number of anilines is 1. The third kappa shape index (κ3) is 3.52. The van der Waals surface area contributed by atoms with Crippen molar-refractivity contribution in [3.63, 3.8) is 0 Å². The Kier molecular flexibility index (Phi) is 5.06. The summed E-state index contributed by atoms with van der Waals surface area (Å²) >= 11 is 6.56. The van der Waals surface area contributed by atoms with E-state index in [-0.39, 0.29) is 11.7 Å². The van der Waals surface area contributed by atoms with Gasteiger partial charge in [0.25, 0.3) is 5.91 Å². The number of thiocarbonyl (C=S) groups is 1. The summed E-state index contributed by atoms with van der Waals surface area (Å²) in [6.45, 7) is 0. The molecule has 0 bridgehead atoms. The van der Waals surface area contributed by atoms with Crippen LogP contribution in [0.1, 0.15) is 5.56 Å². The van der Waals surface area contributed by atoms with E-state index in [1.807, 2.05) is 0 Å². The highest BCUT2D eigenvalue weighted by Gasteiger charge is 2.35. The van der Waals surface area contributed by atoms with E-state index in [1.54, 1.807) is 43.5 Å². The van der Waals surface area contributed by atoms with E-state index in [0.29, 0.717) is 26.4 Å². The fourth-order valence-corrected chi connectivity index (χ4v) is 3.64. The van der Waals surface area contributed by atoms with Gasteiger partial charge in [0, 0.05) is 6.07 Å². The van der Waals surface area contributed by atoms with E-state index >= 15 is 0 Å². The third-order valence-corrected chi connectivity index (χ3v) is 4.89. The van der Waals surface area contributed by atoms with Crippen molar-refractivity contribution in [2.24, 2.45) is 0 Å². The van der Waals surface area contributed by atoms with Crippen LogP contribution in [0.4, 0.5) is 10.1 Å². The Balaban J connectivity index is 1.95. The molecule has 1 saturated heterocycles. The molecule has 4 nitrogen and oxygen atoms in total. The van der Waals surface area contributed by atoms with Crippen LogP contribution in [-0.2, 0) is 4.79 Å². The van der Waals surface area contributed by atoms with Crippen LogP contribution < -0.4 is 14.4 Å². The van der Waals surface area contributed by atoms with Gasteiger partial charge in [0.15, 0.2) is 4.32 Å². The quantitative estimate of drug-likeness (QED) is 0.590. The van der Waals surface area contributed by atoms with Gasteiger partial charge in [-0.25, -0.2) is 4.39 Å². The van der Waals surface area contributed by atoms with Crippen LogP contribution in [-0.4, -0.2) is 24.4 Å². The smallest absolute Gasteiger partial charge is 0.270 e. The predicted molar refractivity (Wildman–Crippen MR) is 102 cm³/mol. The van der Waals surface area contributed by atoms with Gasteiger partial charge < -0.3 is 9.47 Å². The fraction of sp³-hybridized carbons (Fsp3) is 0.111. The number of thioether (sulfide) groups is 1. The van der Waals surface area contributed by atoms with Gasteiger partial charge in [-0.15, -0.1) is 0 Å². The van der Waals surface area contributed by atoms with Gasteiger partial charge in [-0.2, -0.15) is 0 Å². The number of benzene rings is 2. The number of ether oxygens (including phenoxy) is 2. The molecule has 0 atom stereocenters. The van der Waals surface area contributed by atoms with Crippen LogP contribution in [0.5, 0.6) is 11.5 Å². The summed E-state index contributed by atoms with van der Waals surface area (Å²) in [7, 11) is 3.07. The Morgan fingerprint density at radius 3 is 2.48 bits per heavy atom. The van der Waals surface area contributed by atoms with Gasteiger partial charge in [-0.1, -0.05) is 36.1 Å². The first-order chi connectivity index (χ1) is 12.0. The number of halogens is 1. The maximum Gasteiger partial charge on any atom is 0.270 e. The highest BCUT2D eigenvalue weighted by atomic mass is 32.2. The standard InChI is InChI=1S/C18H14FNO3S2/c1-22-13-7-8-14(15(10-13)23-2)20-17(21)16(25-18(20)24)9-11-3-5-12(19)6-4-11/h3-10H,1-2H3. The lowest BCUT2D eigenvalue weighted by atomic mass is 10.2. The van der Waals surface area contributed by atoms with Crippen molar-refractivity contribution in [2.75, 3.05) is 19.1 Å². The molecular weight excluding hydrogens is 361 g/mol. The first-order valence-corrected chi connectivity index (χ1v) is 8.51. The first kappa shape index (κ1) is 17.4. The second-order valence-corrected chi connectivity index (χ2v) is 6.78. The second kappa shape index (κ2) is 7.25. The number of carbonyl (C=O) groups excluding carboxylic acids is 1. The zero-order valence-electron chi connectivity index (χ0n) is 13.5. The van der Waals surface area contributed by atoms with Gasteiger partial charge in [0.05, 0.1) is 24.8 Å². The molecule has 0 N–H and O–H groups in total. The van der Waals surface area contributed by atoms with Gasteiger partial charge in [0.2, 0.25) is 0 Å². The minimum absolute atomic E-state index is 0.247. The number of methoxy groups -OCH3 is 2. The molecule has 2 aromatic rings. The molecule has 1 heterocycles. The summed E-state index contributed by atoms with van der Waals surface area (Å²) in [6, 6.07) is 11.1. The van der Waals surface area contributed by atoms with E-state index in [0.717, 1.165) is 5.56 Å². The highest BCUT2D eigenvalue weighted by Crippen LogP contribution is 2.41. The Morgan fingerprint density at radius 1 is 1.12 bits per heavy atom. The molecule has 0 unspecified atom stereocenters. The molecule has 7 heteroatoms. The van der Waals surface area contributed by atoms with Crippen molar-refractivity contribution in [2.45, 2.75) is 0 Å². The monoisotopic (exact) mass is 375 g/mol. The molecule has 0 aliphatic carbocycles. The minimum atomic E-state index is -0.326. The van der Waals surface area contributed by atoms with Crippen molar-refractivity contribution in [3.8, 4) is 11.5 Å². The minimum Gasteiger partial charge on any atom is -0.497 e. The van der Waals surface area contributed by atoms with Crippen LogP contribution in [0.15, 0.2) is 47.4 Å². The van der Waals surface area contributed by atoms with Crippen molar-refractivity contribution >= 4 is 46.0 Å². The molecule has 0 aromatic heterocycles. The van der Waals surface area contributed by atoms with Gasteiger partial charge in [0.1, 0.15) is 17.3 Å². The molecule has 1 amide bonds. The zero-order chi connectivity index (χ0) is 18.0. The summed E-state index contributed by atoms with van der Waals surface area (Å²) in [6.07, 6.45) is 1.69. The molecule has 0 radical (unpaired) electrons. The predicted octanol–water partition coefficient (Wildman–Crippen LogP) is 4.25. The van der Waals surface area contributed by atoms with Crippen LogP contribution >= 0.6 is 24.0 Å². The molecule has 128 valence electrons. The summed E-state index contributed by atoms with van der Waals surface area (Å²) in [5.74, 6) is 0.530. The maximum atomic E-state index is 13.0. The van der Waals surface area contributed by atoms with Crippen molar-refractivity contribution in [3.05, 3.63) is 58.8 Å². The first-order valence-electron chi connectivity index (χ1n) is 7.29. The molecule has 2 aromatic carbocycles. The number of rotatable bonds is 4. The topological polar surface area (TPSA) is 38.8 Å². The number of carbonyl (C=O) groups is 1. The lowest BCUT2D eigenvalue weighted by molar-refractivity contribution is -0.113. The van der Waals surface area contributed by atoms with E-state index < -0.39 is 0 Å². The number of hydrogen-bond donors (Lipinski definition) is 0. The van der Waals surface area contributed by atoms with Crippen LogP contribution in [0.3, 0.4) is 0 Å². The third-order valence-electron chi connectivity index (χ3n) is 3.59. The Bertz CT molecular complexity index is 865. The molecular formula is C18H14FNO3S2. The summed E-state index contributed by atoms with van der Waals surface area (Å²) in [5.41, 5.74) is 1.27. The van der Waals surface area contributed by atoms with Gasteiger partial charge in [-0.05, 0) is 35.9 Å². The van der Waals surface area contributed by atoms with E-state index in [2.05, 4.69) is 0 Å². The largest absolute Gasteiger partial charge is 0.497 e. The molecule has 1 aliphatic rings. The number of nitrogens with zero attached hydrogens (tertiary/aromatic N) is 1. The molecule has 1 fully saturated rings. The second-order valence-electron chi connectivity index (χ2n) is 5.11. The van der Waals surface area contributed by atoms with Crippen molar-refractivity contribution < 1.29 is 18.7 Å². The van der Waals surface area contributed by atoms with Crippen LogP contribution in [0.25, 0.3) is 6.08 Å². The normalized spacial score (nSPS) is 15.8. The maximum absolute atomic E-state index is 13.0. The average Bonchev–Trinajstić information content (AvgIpc) is 2.90. The lowest BCUT2D eigenvalue weighted by Gasteiger charge is -2.18. The molecule has 25 heavy (non-hydrogen) atoms. The highest BCUT2D eigenvalue weighted by molar-refractivity contribution is 8.27. The van der Waals surface area contributed by atoms with E-state index in [4.69, 9.17) is 21.7 Å². The SMILES string of the molecule is COc1ccc(N2C(=O)C(=Cc3ccc(F)cc3)SC2=S)c(OC)c1. The summed E-state index contributed by atoms with van der Waals surface area (Å²) < 4.78 is 24.0. The zero-order valence-corrected chi connectivity index (χ0v) is 15.1. The van der Waals surface area contributed by atoms with Gasteiger partial charge in [-0.3, -0.25) is 9.69 Å². The average molecular weight is 375 g/mol. The summed E-state index contributed by atoms with van der Waals surface area (Å²) in [4.78, 5) is 14.7. The Labute approximate surface area is 154 Å². The van der Waals surface area contributed by atoms with E-state index in [1.165, 1.54) is 35.9 Å². The molecule has 0 spiro atoms. The Morgan fingerprint density at radius 2 is 1.84 bits per heavy atom. The summed E-state index contributed by atoms with van der Waals surface area (Å²) in [5, 5.41) is 0. The molecule has 1 aliphatic heterocycles.